The Balaban J connectivity index is 2.32. The Kier molecular flexibility index (Phi) is 2.36. The highest BCUT2D eigenvalue weighted by atomic mass is 32.2. The first kappa shape index (κ1) is 10.7. The zero-order valence-electron chi connectivity index (χ0n) is 8.60. The van der Waals surface area contributed by atoms with E-state index < -0.39 is 22.5 Å². The molecule has 0 unspecified atom stereocenters. The topological polar surface area (TPSA) is 81.8 Å². The summed E-state index contributed by atoms with van der Waals surface area (Å²) in [4.78, 5) is 14.8. The average molecular weight is 234 g/mol. The van der Waals surface area contributed by atoms with Gasteiger partial charge in [-0.15, -0.1) is 0 Å². The first-order chi connectivity index (χ1) is 7.00. The number of nitrogens with one attached hydrogen (secondary N) is 2. The lowest BCUT2D eigenvalue weighted by atomic mass is 10.4. The van der Waals surface area contributed by atoms with Crippen LogP contribution in [0, 0.1) is 0 Å². The number of hydrogen-bond acceptors (Lipinski definition) is 3. The van der Waals surface area contributed by atoms with Gasteiger partial charge in [-0.3, -0.25) is 0 Å². The highest BCUT2D eigenvalue weighted by Crippen LogP contribution is 2.23. The van der Waals surface area contributed by atoms with Gasteiger partial charge in [0.2, 0.25) is 0 Å². The van der Waals surface area contributed by atoms with Crippen molar-refractivity contribution in [3.05, 3.63) is 0 Å². The van der Waals surface area contributed by atoms with Gasteiger partial charge >= 0.3 is 6.03 Å². The average Bonchev–Trinajstić information content (AvgIpc) is 2.55. The molecule has 2 saturated heterocycles. The molecule has 2 rings (SSSR count). The third-order valence-electron chi connectivity index (χ3n) is 2.70. The second kappa shape index (κ2) is 3.32. The predicted octanol–water partition coefficient (Wildman–Crippen LogP) is -1.15. The molecule has 2 amide bonds. The van der Waals surface area contributed by atoms with Crippen molar-refractivity contribution >= 4 is 16.2 Å². The van der Waals surface area contributed by atoms with Crippen molar-refractivity contribution in [2.45, 2.75) is 26.2 Å². The summed E-state index contributed by atoms with van der Waals surface area (Å²) in [6.07, 6.45) is -0.958. The first-order valence-electron chi connectivity index (χ1n) is 4.87. The predicted molar refractivity (Wildman–Crippen MR) is 52.9 cm³/mol. The normalized spacial score (nSPS) is 33.6. The highest BCUT2D eigenvalue weighted by molar-refractivity contribution is 7.87. The molecule has 2 N–H and O–H groups in total. The van der Waals surface area contributed by atoms with Crippen molar-refractivity contribution in [3.63, 3.8) is 0 Å². The summed E-state index contributed by atoms with van der Waals surface area (Å²) in [5.41, 5.74) is 0. The Bertz CT molecular complexity index is 354. The van der Waals surface area contributed by atoms with Crippen LogP contribution in [0.1, 0.15) is 13.8 Å². The Morgan fingerprint density at radius 3 is 1.87 bits per heavy atom. The number of amides is 2. The second-order valence-corrected chi connectivity index (χ2v) is 4.96. The van der Waals surface area contributed by atoms with Gasteiger partial charge in [0.1, 0.15) is 12.3 Å². The van der Waals surface area contributed by atoms with Crippen molar-refractivity contribution < 1.29 is 13.2 Å². The molecule has 2 atom stereocenters. The van der Waals surface area contributed by atoms with Crippen molar-refractivity contribution in [2.75, 3.05) is 13.1 Å². The summed E-state index contributed by atoms with van der Waals surface area (Å²) < 4.78 is 27.4. The lowest BCUT2D eigenvalue weighted by Crippen LogP contribution is -2.43. The van der Waals surface area contributed by atoms with Crippen molar-refractivity contribution in [3.8, 4) is 0 Å². The molecule has 2 fully saturated rings. The number of carbonyl (C=O) groups excluding carboxylic acids is 1. The van der Waals surface area contributed by atoms with Crippen LogP contribution in [-0.2, 0) is 10.2 Å². The molecule has 2 aliphatic heterocycles. The molecule has 2 heterocycles. The van der Waals surface area contributed by atoms with Gasteiger partial charge in [-0.05, 0) is 13.8 Å². The number of nitrogens with zero attached hydrogens (tertiary/aromatic N) is 2. The minimum Gasteiger partial charge on any atom is -0.305 e. The zero-order chi connectivity index (χ0) is 11.2. The van der Waals surface area contributed by atoms with Gasteiger partial charge in [-0.2, -0.15) is 17.9 Å². The molecule has 0 aromatic rings. The summed E-state index contributed by atoms with van der Waals surface area (Å²) in [5, 5.41) is 0. The zero-order valence-corrected chi connectivity index (χ0v) is 9.41. The molecule has 8 heteroatoms. The van der Waals surface area contributed by atoms with Gasteiger partial charge in [0.05, 0.1) is 0 Å². The van der Waals surface area contributed by atoms with Gasteiger partial charge in [0, 0.05) is 13.1 Å². The fourth-order valence-corrected chi connectivity index (χ4v) is 3.23. The quantitative estimate of drug-likeness (QED) is 0.633. The van der Waals surface area contributed by atoms with E-state index in [1.54, 1.807) is 0 Å². The van der Waals surface area contributed by atoms with Gasteiger partial charge in [0.25, 0.3) is 10.2 Å². The fourth-order valence-electron chi connectivity index (χ4n) is 2.02. The Morgan fingerprint density at radius 2 is 1.53 bits per heavy atom. The summed E-state index contributed by atoms with van der Waals surface area (Å²) in [7, 11) is -3.45. The van der Waals surface area contributed by atoms with E-state index in [9.17, 15) is 13.2 Å². The standard InChI is InChI=1S/C7H14N4O3S/c1-3-10-5-6(9-15(13,14)8-5)11(4-2)7(10)12/h5-6,8-9H,3-4H2,1-2H3/t5-,6+. The first-order valence-corrected chi connectivity index (χ1v) is 6.35. The third-order valence-corrected chi connectivity index (χ3v) is 3.80. The van der Waals surface area contributed by atoms with Crippen molar-refractivity contribution in [1.82, 2.24) is 19.2 Å². The molecule has 0 radical (unpaired) electrons. The van der Waals surface area contributed by atoms with E-state index in [1.807, 2.05) is 13.8 Å². The smallest absolute Gasteiger partial charge is 0.305 e. The van der Waals surface area contributed by atoms with Gasteiger partial charge < -0.3 is 9.80 Å². The molecule has 0 aromatic carbocycles. The van der Waals surface area contributed by atoms with Gasteiger partial charge in [-0.25, -0.2) is 4.79 Å². The van der Waals surface area contributed by atoms with Crippen LogP contribution in [0.25, 0.3) is 0 Å². The van der Waals surface area contributed by atoms with Crippen LogP contribution in [0.2, 0.25) is 0 Å². The van der Waals surface area contributed by atoms with Crippen LogP contribution in [0.15, 0.2) is 0 Å². The van der Waals surface area contributed by atoms with E-state index in [4.69, 9.17) is 0 Å². The minimum absolute atomic E-state index is 0.134. The SMILES string of the molecule is CCN1C(=O)N(CC)[C@H]2NS(=O)(=O)N[C@H]21. The third kappa shape index (κ3) is 1.48. The van der Waals surface area contributed by atoms with Crippen LogP contribution in [0.5, 0.6) is 0 Å². The molecular formula is C7H14N4O3S. The van der Waals surface area contributed by atoms with Gasteiger partial charge in [-0.1, -0.05) is 0 Å². The molecular weight excluding hydrogens is 220 g/mol. The lowest BCUT2D eigenvalue weighted by Gasteiger charge is -2.19. The van der Waals surface area contributed by atoms with E-state index >= 15 is 0 Å². The molecule has 7 nitrogen and oxygen atoms in total. The fraction of sp³-hybridized carbons (Fsp3) is 0.857. The largest absolute Gasteiger partial charge is 0.322 e. The van der Waals surface area contributed by atoms with Crippen LogP contribution >= 0.6 is 0 Å². The molecule has 2 aliphatic rings. The number of likely N-dealkylation sites (N-methyl/N-ethyl adjacent to an activating group) is 2. The number of fused-ring (bicyclic) bond motifs is 1. The molecule has 0 saturated carbocycles. The van der Waals surface area contributed by atoms with E-state index in [0.29, 0.717) is 13.1 Å². The summed E-state index contributed by atoms with van der Waals surface area (Å²) >= 11 is 0. The van der Waals surface area contributed by atoms with Crippen LogP contribution < -0.4 is 9.44 Å². The molecule has 0 bridgehead atoms. The molecule has 0 spiro atoms. The molecule has 0 aromatic heterocycles. The molecule has 0 aliphatic carbocycles. The van der Waals surface area contributed by atoms with Crippen LogP contribution in [0.4, 0.5) is 4.79 Å². The van der Waals surface area contributed by atoms with Crippen LogP contribution in [-0.4, -0.2) is 49.7 Å². The minimum atomic E-state index is -3.45. The highest BCUT2D eigenvalue weighted by Gasteiger charge is 2.51. The number of urea groups is 1. The van der Waals surface area contributed by atoms with E-state index in [1.165, 1.54) is 9.80 Å². The maximum atomic E-state index is 11.8. The second-order valence-electron chi connectivity index (χ2n) is 3.48. The van der Waals surface area contributed by atoms with E-state index in [2.05, 4.69) is 9.44 Å². The number of carbonyl (C=O) groups is 1. The molecule has 15 heavy (non-hydrogen) atoms. The maximum Gasteiger partial charge on any atom is 0.322 e. The van der Waals surface area contributed by atoms with E-state index in [0.717, 1.165) is 0 Å². The van der Waals surface area contributed by atoms with E-state index in [-0.39, 0.29) is 6.03 Å². The number of rotatable bonds is 2. The molecule has 86 valence electrons. The summed E-state index contributed by atoms with van der Waals surface area (Å²) in [6.45, 7) is 4.61. The monoisotopic (exact) mass is 234 g/mol. The van der Waals surface area contributed by atoms with Gasteiger partial charge in [0.15, 0.2) is 0 Å². The maximum absolute atomic E-state index is 11.8. The van der Waals surface area contributed by atoms with Crippen molar-refractivity contribution in [2.24, 2.45) is 0 Å². The lowest BCUT2D eigenvalue weighted by molar-refractivity contribution is 0.186. The Morgan fingerprint density at radius 1 is 1.13 bits per heavy atom. The summed E-state index contributed by atoms with van der Waals surface area (Å²) in [5.74, 6) is 0. The Hall–Kier alpha value is -0.860. The van der Waals surface area contributed by atoms with Crippen LogP contribution in [0.3, 0.4) is 0 Å². The van der Waals surface area contributed by atoms with Crippen molar-refractivity contribution in [1.29, 1.82) is 0 Å². The summed E-state index contributed by atoms with van der Waals surface area (Å²) in [6, 6.07) is -0.134. The number of hydrogen-bond donors (Lipinski definition) is 2. The Labute approximate surface area is 88.6 Å².